The molecule has 0 amide bonds. The molecule has 0 saturated heterocycles. The van der Waals surface area contributed by atoms with Crippen molar-refractivity contribution in [3.8, 4) is 0 Å². The topological polar surface area (TPSA) is 201 Å². The van der Waals surface area contributed by atoms with E-state index in [9.17, 15) is 29.4 Å². The lowest BCUT2D eigenvalue weighted by atomic mass is 9.94. The van der Waals surface area contributed by atoms with Gasteiger partial charge in [-0.15, -0.1) is 0 Å². The summed E-state index contributed by atoms with van der Waals surface area (Å²) in [6, 6.07) is -1.52. The molecule has 0 fully saturated rings. The number of nitrogens with two attached hydrogens (primary N) is 2. The van der Waals surface area contributed by atoms with Gasteiger partial charge in [0.25, 0.3) is 0 Å². The van der Waals surface area contributed by atoms with Crippen molar-refractivity contribution < 1.29 is 39.6 Å². The first-order valence-electron chi connectivity index (χ1n) is 19.4. The van der Waals surface area contributed by atoms with E-state index in [-0.39, 0.29) is 11.8 Å². The Labute approximate surface area is 292 Å². The zero-order valence-corrected chi connectivity index (χ0v) is 30.7. The third kappa shape index (κ3) is 32.4. The van der Waals surface area contributed by atoms with E-state index >= 15 is 0 Å². The number of aliphatic carboxylic acids is 4. The number of carboxylic acid groups (broad SMARTS) is 4. The van der Waals surface area contributed by atoms with Crippen molar-refractivity contribution in [2.45, 2.75) is 206 Å². The number of carboxylic acids is 4. The van der Waals surface area contributed by atoms with Crippen molar-refractivity contribution in [3.05, 3.63) is 0 Å². The van der Waals surface area contributed by atoms with E-state index in [0.717, 1.165) is 109 Å². The minimum Gasteiger partial charge on any atom is -0.481 e. The Kier molecular flexibility index (Phi) is 34.6. The quantitative estimate of drug-likeness (QED) is 0.0354. The highest BCUT2D eigenvalue weighted by Gasteiger charge is 2.17. The molecule has 4 atom stereocenters. The fraction of sp³-hybridized carbons (Fsp3) is 0.895. The normalized spacial score (nSPS) is 13.6. The molecule has 0 aliphatic carbocycles. The highest BCUT2D eigenvalue weighted by atomic mass is 16.4. The Morgan fingerprint density at radius 2 is 0.562 bits per heavy atom. The maximum absolute atomic E-state index is 11.3. The monoisotopic (exact) mass is 687 g/mol. The lowest BCUT2D eigenvalue weighted by Gasteiger charge is -2.12. The molecule has 10 heteroatoms. The summed E-state index contributed by atoms with van der Waals surface area (Å²) in [5, 5.41) is 36.0. The molecule has 0 aliphatic heterocycles. The molecule has 0 radical (unpaired) electrons. The summed E-state index contributed by atoms with van der Waals surface area (Å²) in [7, 11) is 0. The van der Waals surface area contributed by atoms with Gasteiger partial charge in [0.15, 0.2) is 0 Å². The zero-order chi connectivity index (χ0) is 36.4. The van der Waals surface area contributed by atoms with Crippen molar-refractivity contribution in [1.82, 2.24) is 0 Å². The van der Waals surface area contributed by atoms with Crippen LogP contribution in [0, 0.1) is 11.8 Å². The van der Waals surface area contributed by atoms with Gasteiger partial charge in [0.1, 0.15) is 12.1 Å². The molecule has 0 aliphatic rings. The van der Waals surface area contributed by atoms with Gasteiger partial charge in [0.2, 0.25) is 0 Å². The van der Waals surface area contributed by atoms with Gasteiger partial charge < -0.3 is 31.9 Å². The van der Waals surface area contributed by atoms with Crippen molar-refractivity contribution in [2.75, 3.05) is 0 Å². The first-order valence-corrected chi connectivity index (χ1v) is 19.4. The molecule has 0 saturated carbocycles. The number of hydrogen-bond donors (Lipinski definition) is 6. The summed E-state index contributed by atoms with van der Waals surface area (Å²) in [4.78, 5) is 43.8. The van der Waals surface area contributed by atoms with Crippen molar-refractivity contribution in [2.24, 2.45) is 23.3 Å². The molecule has 0 heterocycles. The third-order valence-electron chi connectivity index (χ3n) is 9.28. The Hall–Kier alpha value is -2.20. The zero-order valence-electron chi connectivity index (χ0n) is 30.7. The van der Waals surface area contributed by atoms with E-state index in [1.807, 2.05) is 0 Å². The van der Waals surface area contributed by atoms with E-state index in [4.69, 9.17) is 21.7 Å². The van der Waals surface area contributed by atoms with Crippen LogP contribution in [0.4, 0.5) is 0 Å². The first-order chi connectivity index (χ1) is 23.0. The van der Waals surface area contributed by atoms with Crippen LogP contribution in [-0.4, -0.2) is 56.4 Å². The van der Waals surface area contributed by atoms with E-state index < -0.39 is 36.0 Å². The van der Waals surface area contributed by atoms with Gasteiger partial charge in [-0.1, -0.05) is 155 Å². The van der Waals surface area contributed by atoms with Gasteiger partial charge in [-0.2, -0.15) is 0 Å². The minimum atomic E-state index is -0.948. The maximum atomic E-state index is 11.3. The highest BCUT2D eigenvalue weighted by molar-refractivity contribution is 5.73. The summed E-state index contributed by atoms with van der Waals surface area (Å²) in [6.07, 6.45) is 28.1. The smallest absolute Gasteiger partial charge is 0.320 e. The van der Waals surface area contributed by atoms with Crippen LogP contribution in [0.1, 0.15) is 194 Å². The number of rotatable bonds is 34. The second-order valence-electron chi connectivity index (χ2n) is 13.8. The van der Waals surface area contributed by atoms with Gasteiger partial charge in [-0.25, -0.2) is 0 Å². The Balaban J connectivity index is 0. The molecule has 284 valence electrons. The highest BCUT2D eigenvalue weighted by Crippen LogP contribution is 2.21. The Bertz CT molecular complexity index is 795. The first kappa shape index (κ1) is 47.9. The summed E-state index contributed by atoms with van der Waals surface area (Å²) < 4.78 is 0. The van der Waals surface area contributed by atoms with E-state index in [0.29, 0.717) is 12.8 Å². The van der Waals surface area contributed by atoms with Gasteiger partial charge in [0.05, 0.1) is 11.8 Å². The third-order valence-corrected chi connectivity index (χ3v) is 9.28. The Morgan fingerprint density at radius 3 is 0.771 bits per heavy atom. The van der Waals surface area contributed by atoms with Crippen LogP contribution in [0.2, 0.25) is 0 Å². The summed E-state index contributed by atoms with van der Waals surface area (Å²) in [5.41, 5.74) is 10.9. The molecule has 0 bridgehead atoms. The van der Waals surface area contributed by atoms with Gasteiger partial charge in [-0.3, -0.25) is 19.2 Å². The second-order valence-corrected chi connectivity index (χ2v) is 13.8. The standard InChI is InChI=1S/2C19H37NO4/c1-2-3-4-5-7-10-13-16(18(21)22)14-11-8-6-9-12-15-17(20)19(23)24;1-2-3-4-5-6-7-10-13-16(18(21)22)14-11-8-9-12-15-17(20)19(23)24/h2*16-17H,2-15,20H2,1H3,(H,21,22)(H,23,24). The lowest BCUT2D eigenvalue weighted by Crippen LogP contribution is -2.29. The van der Waals surface area contributed by atoms with E-state index in [1.54, 1.807) is 0 Å². The predicted octanol–water partition coefficient (Wildman–Crippen LogP) is 9.16. The average Bonchev–Trinajstić information content (AvgIpc) is 3.04. The van der Waals surface area contributed by atoms with Gasteiger partial charge >= 0.3 is 23.9 Å². The Morgan fingerprint density at radius 1 is 0.354 bits per heavy atom. The van der Waals surface area contributed by atoms with Gasteiger partial charge in [0, 0.05) is 0 Å². The van der Waals surface area contributed by atoms with Crippen LogP contribution in [0.5, 0.6) is 0 Å². The molecular weight excluding hydrogens is 612 g/mol. The SMILES string of the molecule is CCCCCCCCC(CCCCCCCC(N)C(=O)O)C(=O)O.CCCCCCCCCC(CCCCCCC(N)C(=O)O)C(=O)O. The van der Waals surface area contributed by atoms with Crippen LogP contribution in [0.15, 0.2) is 0 Å². The van der Waals surface area contributed by atoms with Crippen LogP contribution in [0.3, 0.4) is 0 Å². The summed E-state index contributed by atoms with van der Waals surface area (Å²) >= 11 is 0. The van der Waals surface area contributed by atoms with Crippen LogP contribution >= 0.6 is 0 Å². The molecule has 0 aromatic rings. The van der Waals surface area contributed by atoms with E-state index in [2.05, 4.69) is 13.8 Å². The lowest BCUT2D eigenvalue weighted by molar-refractivity contribution is -0.143. The fourth-order valence-corrected chi connectivity index (χ4v) is 5.94. The number of unbranched alkanes of at least 4 members (excludes halogenated alkanes) is 18. The van der Waals surface area contributed by atoms with Crippen molar-refractivity contribution >= 4 is 23.9 Å². The van der Waals surface area contributed by atoms with Gasteiger partial charge in [-0.05, 0) is 38.5 Å². The molecule has 4 unspecified atom stereocenters. The second kappa shape index (κ2) is 34.7. The predicted molar refractivity (Wildman–Crippen MR) is 194 cm³/mol. The number of carbonyl (C=O) groups is 4. The molecule has 0 aromatic carbocycles. The summed E-state index contributed by atoms with van der Waals surface area (Å²) in [5.74, 6) is -3.63. The maximum Gasteiger partial charge on any atom is 0.320 e. The molecule has 0 rings (SSSR count). The number of hydrogen-bond acceptors (Lipinski definition) is 6. The molecule has 0 aromatic heterocycles. The molecule has 10 nitrogen and oxygen atoms in total. The molecule has 48 heavy (non-hydrogen) atoms. The van der Waals surface area contributed by atoms with Crippen LogP contribution in [0.25, 0.3) is 0 Å². The van der Waals surface area contributed by atoms with Crippen molar-refractivity contribution in [1.29, 1.82) is 0 Å². The molecular formula is C38H74N2O8. The minimum absolute atomic E-state index is 0.198. The van der Waals surface area contributed by atoms with Crippen molar-refractivity contribution in [3.63, 3.8) is 0 Å². The largest absolute Gasteiger partial charge is 0.481 e. The van der Waals surface area contributed by atoms with E-state index in [1.165, 1.54) is 57.8 Å². The average molecular weight is 687 g/mol. The summed E-state index contributed by atoms with van der Waals surface area (Å²) in [6.45, 7) is 4.40. The van der Waals surface area contributed by atoms with Crippen LogP contribution < -0.4 is 11.5 Å². The molecule has 0 spiro atoms. The fourth-order valence-electron chi connectivity index (χ4n) is 5.94. The molecule has 8 N–H and O–H groups in total. The van der Waals surface area contributed by atoms with Crippen LogP contribution in [-0.2, 0) is 19.2 Å².